The number of nitrogens with zero attached hydrogens (tertiary/aromatic N) is 2. The monoisotopic (exact) mass is 277 g/mol. The number of hydrogen-bond acceptors (Lipinski definition) is 5. The van der Waals surface area contributed by atoms with E-state index in [9.17, 15) is 0 Å². The molecular weight excluding hydrogens is 250 g/mol. The van der Waals surface area contributed by atoms with Gasteiger partial charge in [-0.1, -0.05) is 33.6 Å². The van der Waals surface area contributed by atoms with E-state index in [1.807, 2.05) is 6.92 Å². The van der Waals surface area contributed by atoms with Gasteiger partial charge < -0.3 is 10.7 Å². The van der Waals surface area contributed by atoms with Crippen LogP contribution >= 0.6 is 0 Å². The molecule has 0 bridgehead atoms. The summed E-state index contributed by atoms with van der Waals surface area (Å²) in [6.07, 6.45) is 5.36. The van der Waals surface area contributed by atoms with Crippen LogP contribution in [0.3, 0.4) is 0 Å². The number of nitrogens with two attached hydrogens (primary N) is 1. The van der Waals surface area contributed by atoms with Crippen LogP contribution < -0.4 is 16.6 Å². The van der Waals surface area contributed by atoms with Crippen molar-refractivity contribution >= 4 is 11.6 Å². The largest absolute Gasteiger partial charge is 0.370 e. The smallest absolute Gasteiger partial charge is 0.148 e. The fourth-order valence-electron chi connectivity index (χ4n) is 2.17. The fraction of sp³-hybridized carbons (Fsp3) is 0.733. The van der Waals surface area contributed by atoms with E-state index in [1.54, 1.807) is 0 Å². The minimum Gasteiger partial charge on any atom is -0.370 e. The summed E-state index contributed by atoms with van der Waals surface area (Å²) in [5.74, 6) is 8.95. The van der Waals surface area contributed by atoms with Gasteiger partial charge in [0.05, 0.1) is 0 Å². The summed E-state index contributed by atoms with van der Waals surface area (Å²) in [6.45, 7) is 9.27. The van der Waals surface area contributed by atoms with Crippen LogP contribution in [-0.4, -0.2) is 16.5 Å². The molecular formula is C15H27N5. The summed E-state index contributed by atoms with van der Waals surface area (Å²) in [7, 11) is 0. The number of rotatable bonds is 6. The van der Waals surface area contributed by atoms with Crippen molar-refractivity contribution in [3.8, 4) is 0 Å². The lowest BCUT2D eigenvalue weighted by molar-refractivity contribution is 0.546. The summed E-state index contributed by atoms with van der Waals surface area (Å²) >= 11 is 0. The third-order valence-electron chi connectivity index (χ3n) is 3.73. The number of hydrogen-bond donors (Lipinski definition) is 3. The molecule has 5 heteroatoms. The minimum absolute atomic E-state index is 0.0935. The molecule has 112 valence electrons. The molecule has 1 aliphatic carbocycles. The first kappa shape index (κ1) is 15.0. The Hall–Kier alpha value is -1.36. The SMILES string of the molecule is Cc1c(NN)nc(C(C)(C)C)nc1NCCCC1CC1. The average Bonchev–Trinajstić information content (AvgIpc) is 3.19. The van der Waals surface area contributed by atoms with Crippen molar-refractivity contribution in [3.05, 3.63) is 11.4 Å². The summed E-state index contributed by atoms with van der Waals surface area (Å²) in [5.41, 5.74) is 3.56. The molecule has 1 aromatic heterocycles. The molecule has 0 saturated heterocycles. The van der Waals surface area contributed by atoms with Crippen LogP contribution in [0.2, 0.25) is 0 Å². The minimum atomic E-state index is -0.0935. The second-order valence-corrected chi connectivity index (χ2v) is 6.78. The lowest BCUT2D eigenvalue weighted by Gasteiger charge is -2.20. The quantitative estimate of drug-likeness (QED) is 0.423. The van der Waals surface area contributed by atoms with Crippen LogP contribution in [0, 0.1) is 12.8 Å². The second kappa shape index (κ2) is 5.95. The van der Waals surface area contributed by atoms with Crippen molar-refractivity contribution in [1.82, 2.24) is 9.97 Å². The molecule has 1 heterocycles. The van der Waals surface area contributed by atoms with Gasteiger partial charge in [0.15, 0.2) is 0 Å². The Labute approximate surface area is 121 Å². The number of nitrogens with one attached hydrogen (secondary N) is 2. The Balaban J connectivity index is 2.08. The Morgan fingerprint density at radius 3 is 2.40 bits per heavy atom. The van der Waals surface area contributed by atoms with Crippen LogP contribution in [-0.2, 0) is 5.41 Å². The normalized spacial score (nSPS) is 15.2. The predicted molar refractivity (Wildman–Crippen MR) is 83.7 cm³/mol. The van der Waals surface area contributed by atoms with Crippen LogP contribution in [0.4, 0.5) is 11.6 Å². The topological polar surface area (TPSA) is 75.9 Å². The molecule has 5 nitrogen and oxygen atoms in total. The highest BCUT2D eigenvalue weighted by atomic mass is 15.3. The number of nitrogen functional groups attached to an aromatic ring is 1. The molecule has 1 saturated carbocycles. The Morgan fingerprint density at radius 2 is 1.85 bits per heavy atom. The highest BCUT2D eigenvalue weighted by Crippen LogP contribution is 2.33. The average molecular weight is 277 g/mol. The standard InChI is InChI=1S/C15H27N5/c1-10-12(17-9-5-6-11-7-8-11)18-14(15(2,3)4)19-13(10)20-16/h11H,5-9,16H2,1-4H3,(H2,17,18,19,20). The first-order valence-corrected chi connectivity index (χ1v) is 7.51. The molecule has 1 aliphatic rings. The molecule has 0 aliphatic heterocycles. The van der Waals surface area contributed by atoms with E-state index >= 15 is 0 Å². The fourth-order valence-corrected chi connectivity index (χ4v) is 2.17. The van der Waals surface area contributed by atoms with Crippen molar-refractivity contribution in [3.63, 3.8) is 0 Å². The molecule has 0 radical (unpaired) electrons. The van der Waals surface area contributed by atoms with E-state index < -0.39 is 0 Å². The third-order valence-corrected chi connectivity index (χ3v) is 3.73. The van der Waals surface area contributed by atoms with E-state index in [0.717, 1.165) is 29.7 Å². The number of aromatic nitrogens is 2. The zero-order chi connectivity index (χ0) is 14.8. The van der Waals surface area contributed by atoms with Crippen LogP contribution in [0.1, 0.15) is 57.8 Å². The number of anilines is 2. The Morgan fingerprint density at radius 1 is 1.20 bits per heavy atom. The predicted octanol–water partition coefficient (Wildman–Crippen LogP) is 2.97. The second-order valence-electron chi connectivity index (χ2n) is 6.78. The Kier molecular flexibility index (Phi) is 4.48. The number of hydrazine groups is 1. The van der Waals surface area contributed by atoms with Gasteiger partial charge in [-0.2, -0.15) is 0 Å². The highest BCUT2D eigenvalue weighted by Gasteiger charge is 2.22. The van der Waals surface area contributed by atoms with Gasteiger partial charge in [0.25, 0.3) is 0 Å². The molecule has 1 aromatic rings. The highest BCUT2D eigenvalue weighted by molar-refractivity contribution is 5.57. The lowest BCUT2D eigenvalue weighted by atomic mass is 9.95. The van der Waals surface area contributed by atoms with Gasteiger partial charge >= 0.3 is 0 Å². The maximum atomic E-state index is 5.57. The van der Waals surface area contributed by atoms with Crippen molar-refractivity contribution in [2.45, 2.75) is 58.8 Å². The van der Waals surface area contributed by atoms with Gasteiger partial charge in [-0.15, -0.1) is 0 Å². The molecule has 2 rings (SSSR count). The van der Waals surface area contributed by atoms with Gasteiger partial charge in [0, 0.05) is 17.5 Å². The third kappa shape index (κ3) is 3.82. The summed E-state index contributed by atoms with van der Waals surface area (Å²) in [5, 5.41) is 3.44. The first-order chi connectivity index (χ1) is 9.41. The van der Waals surface area contributed by atoms with Gasteiger partial charge in [-0.25, -0.2) is 15.8 Å². The Bertz CT molecular complexity index is 460. The zero-order valence-electron chi connectivity index (χ0n) is 13.1. The molecule has 0 aromatic carbocycles. The van der Waals surface area contributed by atoms with Crippen molar-refractivity contribution in [1.29, 1.82) is 0 Å². The van der Waals surface area contributed by atoms with Crippen molar-refractivity contribution in [2.75, 3.05) is 17.3 Å². The molecule has 1 fully saturated rings. The van der Waals surface area contributed by atoms with Crippen LogP contribution in [0.25, 0.3) is 0 Å². The molecule has 20 heavy (non-hydrogen) atoms. The van der Waals surface area contributed by atoms with Crippen molar-refractivity contribution < 1.29 is 0 Å². The van der Waals surface area contributed by atoms with Crippen LogP contribution in [0.5, 0.6) is 0 Å². The van der Waals surface area contributed by atoms with E-state index in [0.29, 0.717) is 5.82 Å². The van der Waals surface area contributed by atoms with Gasteiger partial charge in [-0.3, -0.25) is 0 Å². The first-order valence-electron chi connectivity index (χ1n) is 7.51. The molecule has 0 unspecified atom stereocenters. The molecule has 4 N–H and O–H groups in total. The van der Waals surface area contributed by atoms with Gasteiger partial charge in [0.2, 0.25) is 0 Å². The summed E-state index contributed by atoms with van der Waals surface area (Å²) in [4.78, 5) is 9.17. The maximum Gasteiger partial charge on any atom is 0.148 e. The van der Waals surface area contributed by atoms with E-state index in [1.165, 1.54) is 25.7 Å². The van der Waals surface area contributed by atoms with Crippen molar-refractivity contribution in [2.24, 2.45) is 11.8 Å². The molecule has 0 spiro atoms. The lowest BCUT2D eigenvalue weighted by Crippen LogP contribution is -2.21. The zero-order valence-corrected chi connectivity index (χ0v) is 13.1. The van der Waals surface area contributed by atoms with Gasteiger partial charge in [-0.05, 0) is 25.7 Å². The van der Waals surface area contributed by atoms with E-state index in [-0.39, 0.29) is 5.41 Å². The molecule has 0 atom stereocenters. The maximum absolute atomic E-state index is 5.57. The van der Waals surface area contributed by atoms with E-state index in [4.69, 9.17) is 5.84 Å². The summed E-state index contributed by atoms with van der Waals surface area (Å²) < 4.78 is 0. The van der Waals surface area contributed by atoms with Gasteiger partial charge in [0.1, 0.15) is 17.5 Å². The summed E-state index contributed by atoms with van der Waals surface area (Å²) in [6, 6.07) is 0. The van der Waals surface area contributed by atoms with Crippen LogP contribution in [0.15, 0.2) is 0 Å². The molecule has 0 amide bonds. The van der Waals surface area contributed by atoms with E-state index in [2.05, 4.69) is 41.5 Å².